The van der Waals surface area contributed by atoms with Crippen molar-refractivity contribution in [3.8, 4) is 0 Å². The fourth-order valence-electron chi connectivity index (χ4n) is 2.41. The summed E-state index contributed by atoms with van der Waals surface area (Å²) in [5.41, 5.74) is 1.30. The predicted octanol–water partition coefficient (Wildman–Crippen LogP) is 2.60. The highest BCUT2D eigenvalue weighted by atomic mass is 19.1. The van der Waals surface area contributed by atoms with Gasteiger partial charge in [0.1, 0.15) is 5.82 Å². The molecule has 3 rings (SSSR count). The Labute approximate surface area is 115 Å². The molecule has 2 aromatic rings. The van der Waals surface area contributed by atoms with Crippen molar-refractivity contribution in [2.45, 2.75) is 6.42 Å². The molecule has 0 saturated heterocycles. The van der Waals surface area contributed by atoms with Crippen molar-refractivity contribution in [2.75, 3.05) is 11.4 Å². The molecule has 1 heterocycles. The van der Waals surface area contributed by atoms with Crippen LogP contribution in [0.25, 0.3) is 0 Å². The molecule has 0 atom stereocenters. The molecule has 0 N–H and O–H groups in total. The number of benzene rings is 2. The largest absolute Gasteiger partial charge is 0.302 e. The number of hydrogen-bond donors (Lipinski definition) is 0. The lowest BCUT2D eigenvalue weighted by atomic mass is 10.1. The fourth-order valence-corrected chi connectivity index (χ4v) is 2.41. The SMILES string of the molecule is O=C1C(=O)N(CCc2ccccc2)c2c(F)cccc21. The molecule has 0 aromatic heterocycles. The summed E-state index contributed by atoms with van der Waals surface area (Å²) in [5, 5.41) is 0. The monoisotopic (exact) mass is 269 g/mol. The molecule has 0 bridgehead atoms. The molecule has 1 aliphatic heterocycles. The quantitative estimate of drug-likeness (QED) is 0.803. The van der Waals surface area contributed by atoms with Gasteiger partial charge >= 0.3 is 0 Å². The summed E-state index contributed by atoms with van der Waals surface area (Å²) in [6.45, 7) is 0.294. The topological polar surface area (TPSA) is 37.4 Å². The molecule has 0 unspecified atom stereocenters. The van der Waals surface area contributed by atoms with Gasteiger partial charge in [0.2, 0.25) is 0 Å². The number of fused-ring (bicyclic) bond motifs is 1. The second-order valence-corrected chi connectivity index (χ2v) is 4.66. The van der Waals surface area contributed by atoms with Gasteiger partial charge in [-0.15, -0.1) is 0 Å². The van der Waals surface area contributed by atoms with Crippen LogP contribution in [-0.4, -0.2) is 18.2 Å². The third kappa shape index (κ3) is 1.99. The Morgan fingerprint density at radius 1 is 0.950 bits per heavy atom. The minimum Gasteiger partial charge on any atom is -0.302 e. The zero-order valence-corrected chi connectivity index (χ0v) is 10.7. The number of halogens is 1. The zero-order chi connectivity index (χ0) is 14.1. The molecular weight excluding hydrogens is 257 g/mol. The van der Waals surface area contributed by atoms with Gasteiger partial charge in [-0.2, -0.15) is 0 Å². The molecule has 1 amide bonds. The number of hydrogen-bond acceptors (Lipinski definition) is 2. The van der Waals surface area contributed by atoms with Gasteiger partial charge in [-0.05, 0) is 24.1 Å². The van der Waals surface area contributed by atoms with E-state index < -0.39 is 17.5 Å². The number of ketones is 1. The molecule has 0 spiro atoms. The van der Waals surface area contributed by atoms with Crippen LogP contribution in [0.4, 0.5) is 10.1 Å². The van der Waals surface area contributed by atoms with Crippen LogP contribution in [0.3, 0.4) is 0 Å². The van der Waals surface area contributed by atoms with Gasteiger partial charge in [-0.1, -0.05) is 36.4 Å². The number of rotatable bonds is 3. The lowest BCUT2D eigenvalue weighted by Crippen LogP contribution is -2.32. The maximum atomic E-state index is 13.9. The summed E-state index contributed by atoms with van der Waals surface area (Å²) in [5.74, 6) is -1.82. The summed E-state index contributed by atoms with van der Waals surface area (Å²) < 4.78 is 13.9. The first-order valence-electron chi connectivity index (χ1n) is 6.37. The number of para-hydroxylation sites is 1. The molecule has 100 valence electrons. The van der Waals surface area contributed by atoms with Crippen molar-refractivity contribution in [1.29, 1.82) is 0 Å². The first kappa shape index (κ1) is 12.5. The van der Waals surface area contributed by atoms with Crippen molar-refractivity contribution in [1.82, 2.24) is 0 Å². The summed E-state index contributed by atoms with van der Waals surface area (Å²) in [6.07, 6.45) is 0.577. The smallest absolute Gasteiger partial charge is 0.299 e. The third-order valence-electron chi connectivity index (χ3n) is 3.41. The second kappa shape index (κ2) is 4.89. The minimum atomic E-state index is -0.652. The number of anilines is 1. The van der Waals surface area contributed by atoms with E-state index in [9.17, 15) is 14.0 Å². The molecule has 0 aliphatic carbocycles. The first-order chi connectivity index (χ1) is 9.68. The van der Waals surface area contributed by atoms with Crippen molar-refractivity contribution in [2.24, 2.45) is 0 Å². The maximum absolute atomic E-state index is 13.9. The summed E-state index contributed by atoms with van der Waals surface area (Å²) >= 11 is 0. The van der Waals surface area contributed by atoms with E-state index >= 15 is 0 Å². The van der Waals surface area contributed by atoms with Crippen LogP contribution in [-0.2, 0) is 11.2 Å². The van der Waals surface area contributed by atoms with E-state index in [1.165, 1.54) is 23.1 Å². The highest BCUT2D eigenvalue weighted by molar-refractivity contribution is 6.52. The molecule has 0 fully saturated rings. The van der Waals surface area contributed by atoms with E-state index in [0.717, 1.165) is 5.56 Å². The highest BCUT2D eigenvalue weighted by Gasteiger charge is 2.37. The molecule has 1 aliphatic rings. The second-order valence-electron chi connectivity index (χ2n) is 4.66. The Morgan fingerprint density at radius 2 is 1.70 bits per heavy atom. The van der Waals surface area contributed by atoms with E-state index in [1.807, 2.05) is 30.3 Å². The normalized spacial score (nSPS) is 13.8. The van der Waals surface area contributed by atoms with Gasteiger partial charge in [-0.3, -0.25) is 9.59 Å². The van der Waals surface area contributed by atoms with Gasteiger partial charge in [0.15, 0.2) is 0 Å². The van der Waals surface area contributed by atoms with Gasteiger partial charge in [0.05, 0.1) is 11.3 Å². The molecule has 3 nitrogen and oxygen atoms in total. The Kier molecular flexibility index (Phi) is 3.06. The molecule has 20 heavy (non-hydrogen) atoms. The first-order valence-corrected chi connectivity index (χ1v) is 6.37. The van der Waals surface area contributed by atoms with Crippen LogP contribution in [0, 0.1) is 5.82 Å². The Hall–Kier alpha value is -2.49. The highest BCUT2D eigenvalue weighted by Crippen LogP contribution is 2.31. The van der Waals surface area contributed by atoms with E-state index in [4.69, 9.17) is 0 Å². The van der Waals surface area contributed by atoms with Crippen molar-refractivity contribution in [3.63, 3.8) is 0 Å². The van der Waals surface area contributed by atoms with Crippen LogP contribution in [0.2, 0.25) is 0 Å². The number of nitrogens with zero attached hydrogens (tertiary/aromatic N) is 1. The Morgan fingerprint density at radius 3 is 2.45 bits per heavy atom. The van der Waals surface area contributed by atoms with E-state index in [0.29, 0.717) is 13.0 Å². The molecule has 4 heteroatoms. The number of Topliss-reactive ketones (excluding diaryl/α,β-unsaturated/α-hetero) is 1. The lowest BCUT2D eigenvalue weighted by Gasteiger charge is -2.16. The molecule has 2 aromatic carbocycles. The fraction of sp³-hybridized carbons (Fsp3) is 0.125. The van der Waals surface area contributed by atoms with Crippen molar-refractivity contribution < 1.29 is 14.0 Å². The lowest BCUT2D eigenvalue weighted by molar-refractivity contribution is -0.114. The van der Waals surface area contributed by atoms with E-state index in [-0.39, 0.29) is 11.3 Å². The number of carbonyl (C=O) groups is 2. The number of carbonyl (C=O) groups excluding carboxylic acids is 2. The van der Waals surface area contributed by atoms with Crippen LogP contribution in [0.1, 0.15) is 15.9 Å². The molecule has 0 radical (unpaired) electrons. The van der Waals surface area contributed by atoms with Gasteiger partial charge in [0.25, 0.3) is 11.7 Å². The van der Waals surface area contributed by atoms with Crippen LogP contribution >= 0.6 is 0 Å². The molecular formula is C16H12FNO2. The maximum Gasteiger partial charge on any atom is 0.299 e. The molecule has 0 saturated carbocycles. The summed E-state index contributed by atoms with van der Waals surface area (Å²) in [6, 6.07) is 13.8. The van der Waals surface area contributed by atoms with Gasteiger partial charge < -0.3 is 4.90 Å². The predicted molar refractivity (Wildman–Crippen MR) is 73.2 cm³/mol. The summed E-state index contributed by atoms with van der Waals surface area (Å²) in [4.78, 5) is 25.0. The van der Waals surface area contributed by atoms with Crippen LogP contribution in [0.15, 0.2) is 48.5 Å². The zero-order valence-electron chi connectivity index (χ0n) is 10.7. The minimum absolute atomic E-state index is 0.110. The van der Waals surface area contributed by atoms with Crippen LogP contribution in [0.5, 0.6) is 0 Å². The van der Waals surface area contributed by atoms with Crippen LogP contribution < -0.4 is 4.90 Å². The van der Waals surface area contributed by atoms with E-state index in [2.05, 4.69) is 0 Å². The third-order valence-corrected chi connectivity index (χ3v) is 3.41. The number of amides is 1. The summed E-state index contributed by atoms with van der Waals surface area (Å²) in [7, 11) is 0. The average molecular weight is 269 g/mol. The Bertz CT molecular complexity index is 682. The van der Waals surface area contributed by atoms with Gasteiger partial charge in [-0.25, -0.2) is 4.39 Å². The average Bonchev–Trinajstić information content (AvgIpc) is 2.72. The van der Waals surface area contributed by atoms with Crippen molar-refractivity contribution in [3.05, 3.63) is 65.5 Å². The van der Waals surface area contributed by atoms with Crippen molar-refractivity contribution >= 4 is 17.4 Å². The van der Waals surface area contributed by atoms with E-state index in [1.54, 1.807) is 0 Å². The Balaban J connectivity index is 1.88. The standard InChI is InChI=1S/C16H12FNO2/c17-13-8-4-7-12-14(13)18(16(20)15(12)19)10-9-11-5-2-1-3-6-11/h1-8H,9-10H2. The van der Waals surface area contributed by atoms with Gasteiger partial charge in [0, 0.05) is 6.54 Å².